The molecule has 2 aromatic rings. The topological polar surface area (TPSA) is 222 Å². The van der Waals surface area contributed by atoms with Crippen molar-refractivity contribution in [3.05, 3.63) is 70.8 Å². The average molecular weight is 1510 g/mol. The Morgan fingerprint density at radius 3 is 0.739 bits per heavy atom. The fourth-order valence-electron chi connectivity index (χ4n) is 5.50. The van der Waals surface area contributed by atoms with Gasteiger partial charge in [0.15, 0.2) is 0 Å². The quantitative estimate of drug-likeness (QED) is 0.0499. The van der Waals surface area contributed by atoms with Crippen LogP contribution in [0.25, 0.3) is 0 Å². The predicted octanol–water partition coefficient (Wildman–Crippen LogP) is 10.8. The van der Waals surface area contributed by atoms with Gasteiger partial charge in [-0.25, -0.2) is 34.8 Å². The number of aliphatic hydroxyl groups excluding tert-OH is 1. The molecule has 536 valence electrons. The average Bonchev–Trinajstić information content (AvgIpc) is 0.738. The molecular formula is C43H45Cl2F27N4O13S3. The summed E-state index contributed by atoms with van der Waals surface area (Å²) in [7, 11) is -20.4. The molecular weight excluding hydrogens is 1460 g/mol. The molecule has 0 saturated heterocycles. The smallest absolute Gasteiger partial charge is 0.460 e. The van der Waals surface area contributed by atoms with Gasteiger partial charge in [-0.15, -0.1) is 0 Å². The summed E-state index contributed by atoms with van der Waals surface area (Å²) in [6, 6.07) is 8.49. The molecule has 0 unspecified atom stereocenters. The Bertz CT molecular complexity index is 2980. The number of alkyl halides is 27. The van der Waals surface area contributed by atoms with Gasteiger partial charge in [0.05, 0.1) is 17.7 Å². The van der Waals surface area contributed by atoms with Crippen LogP contribution in [0.1, 0.15) is 62.2 Å². The number of esters is 2. The number of carbonyl (C=O) groups excluding carboxylic acids is 4. The zero-order valence-corrected chi connectivity index (χ0v) is 50.3. The maximum Gasteiger partial charge on any atom is 0.460 e. The normalized spacial score (nSPS) is 14.0. The molecule has 0 aromatic heterocycles. The Labute approximate surface area is 511 Å². The molecule has 0 heterocycles. The Morgan fingerprint density at radius 1 is 0.380 bits per heavy atom. The molecule has 92 heavy (non-hydrogen) atoms. The zero-order valence-electron chi connectivity index (χ0n) is 46.3. The lowest BCUT2D eigenvalue weighted by Crippen LogP contribution is -2.65. The van der Waals surface area contributed by atoms with Gasteiger partial charge >= 0.3 is 81.8 Å². The lowest BCUT2D eigenvalue weighted by Gasteiger charge is -2.34. The Kier molecular flexibility index (Phi) is 30.7. The van der Waals surface area contributed by atoms with Crippen LogP contribution in [0.2, 0.25) is 0 Å². The molecule has 0 amide bonds. The highest BCUT2D eigenvalue weighted by Gasteiger charge is 2.88. The van der Waals surface area contributed by atoms with E-state index in [1.165, 1.54) is 43.9 Å². The van der Waals surface area contributed by atoms with E-state index in [1.54, 1.807) is 0 Å². The molecule has 17 nitrogen and oxygen atoms in total. The molecule has 1 N–H and O–H groups in total. The third kappa shape index (κ3) is 19.0. The third-order valence-electron chi connectivity index (χ3n) is 11.3. The second-order valence-electron chi connectivity index (χ2n) is 17.3. The van der Waals surface area contributed by atoms with Crippen LogP contribution in [-0.4, -0.2) is 221 Å². The summed E-state index contributed by atoms with van der Waals surface area (Å²) in [6.45, 7) is 1.98. The highest BCUT2D eigenvalue weighted by Crippen LogP contribution is 2.58. The van der Waals surface area contributed by atoms with E-state index in [9.17, 15) is 163 Å². The Hall–Kier alpha value is -4.94. The van der Waals surface area contributed by atoms with E-state index in [-0.39, 0.29) is 21.1 Å². The monoisotopic (exact) mass is 1500 g/mol. The van der Waals surface area contributed by atoms with Gasteiger partial charge in [0, 0.05) is 51.9 Å². The van der Waals surface area contributed by atoms with Gasteiger partial charge in [0.2, 0.25) is 0 Å². The van der Waals surface area contributed by atoms with Crippen molar-refractivity contribution in [2.24, 2.45) is 0 Å². The Balaban J connectivity index is 0. The van der Waals surface area contributed by atoms with Crippen molar-refractivity contribution in [2.45, 2.75) is 90.6 Å². The van der Waals surface area contributed by atoms with E-state index in [0.29, 0.717) is 35.4 Å². The van der Waals surface area contributed by atoms with E-state index < -0.39 is 186 Å². The van der Waals surface area contributed by atoms with Crippen LogP contribution in [0.15, 0.2) is 48.5 Å². The molecule has 0 bridgehead atoms. The molecule has 2 rings (SSSR count). The van der Waals surface area contributed by atoms with E-state index in [0.717, 1.165) is 0 Å². The summed E-state index contributed by atoms with van der Waals surface area (Å²) >= 11 is 10.4. The van der Waals surface area contributed by atoms with Gasteiger partial charge in [-0.1, -0.05) is 20.8 Å². The number of ether oxygens (including phenoxy) is 2. The predicted molar refractivity (Wildman–Crippen MR) is 262 cm³/mol. The highest BCUT2D eigenvalue weighted by atomic mass is 35.5. The van der Waals surface area contributed by atoms with Crippen molar-refractivity contribution in [1.82, 2.24) is 17.8 Å². The van der Waals surface area contributed by atoms with Gasteiger partial charge < -0.3 is 19.5 Å². The van der Waals surface area contributed by atoms with E-state index >= 15 is 0 Å². The highest BCUT2D eigenvalue weighted by molar-refractivity contribution is 7.90. The molecule has 0 spiro atoms. The third-order valence-corrected chi connectivity index (χ3v) is 17.4. The molecule has 0 aliphatic rings. The van der Waals surface area contributed by atoms with Crippen LogP contribution in [0, 0.1) is 0 Å². The molecule has 0 radical (unpaired) electrons. The first-order valence-electron chi connectivity index (χ1n) is 23.5. The minimum atomic E-state index is -7.54. The summed E-state index contributed by atoms with van der Waals surface area (Å²) in [5.41, 5.74) is -0.515. The SMILES string of the molecule is CCN(CC)CC.CN(CCO)S(=O)(=O)C(F)(F)C(F)(F)C(F)(F)C(F)(F)F.CN(CCOC(=O)c1ccc(C(=O)OCCN(C)S(=O)(=O)C(F)(F)C(F)(F)C(F)(F)C(F)(F)F)cc1)S(=O)(=O)C(F)(F)C(F)(F)C(F)(F)C(F)(F)F.O=C(Cl)c1ccc(C(=O)Cl)cc1. The van der Waals surface area contributed by atoms with Gasteiger partial charge in [-0.3, -0.25) is 9.59 Å². The summed E-state index contributed by atoms with van der Waals surface area (Å²) in [5, 5.41) is -13.7. The molecule has 2 aromatic carbocycles. The van der Waals surface area contributed by atoms with Gasteiger partial charge in [0.25, 0.3) is 40.6 Å². The first kappa shape index (κ1) is 89.1. The maximum absolute atomic E-state index is 13.9. The first-order chi connectivity index (χ1) is 40.8. The lowest BCUT2D eigenvalue weighted by molar-refractivity contribution is -0.382. The fourth-order valence-corrected chi connectivity index (χ4v) is 9.24. The standard InChI is InChI=1S/C22H18F18N2O8S2.C8H4Cl2O2.C7H8F9NO3S.C6H15N/c1-41(51(45,46)21(37,38)17(27,28)15(23,24)19(31,32)33)7-9-49-13(43)11-3-5-12(6-4-11)14(44)50-10-8-42(2)52(47,48)22(39,40)18(29,30)16(25,26)20(34,35)36;9-7(11)5-1-2-6(4-3-5)8(10)12;1-17(2-3-18)21(19,20)7(15,16)5(10,11)4(8,9)6(12,13)14;1-4-7(5-2)6-3/h3-6H,7-10H2,1-2H3;1-4H;18H,2-3H2,1H3;4-6H2,1-3H3. The van der Waals surface area contributed by atoms with Crippen LogP contribution in [0.5, 0.6) is 0 Å². The van der Waals surface area contributed by atoms with Crippen LogP contribution < -0.4 is 0 Å². The second-order valence-corrected chi connectivity index (χ2v) is 24.2. The number of hydrogen-bond donors (Lipinski definition) is 1. The van der Waals surface area contributed by atoms with Crippen molar-refractivity contribution in [1.29, 1.82) is 0 Å². The van der Waals surface area contributed by atoms with Gasteiger partial charge in [-0.05, 0) is 91.4 Å². The summed E-state index contributed by atoms with van der Waals surface area (Å²) in [6.07, 6.45) is -21.8. The summed E-state index contributed by atoms with van der Waals surface area (Å²) < 4.78 is 423. The molecule has 0 aliphatic heterocycles. The molecule has 0 atom stereocenters. The van der Waals surface area contributed by atoms with Crippen molar-refractivity contribution in [2.75, 3.05) is 80.2 Å². The van der Waals surface area contributed by atoms with E-state index in [2.05, 4.69) is 35.1 Å². The number of benzene rings is 2. The summed E-state index contributed by atoms with van der Waals surface area (Å²) in [5.74, 6) is -47.8. The van der Waals surface area contributed by atoms with Crippen molar-refractivity contribution >= 4 is 75.7 Å². The number of rotatable bonds is 27. The summed E-state index contributed by atoms with van der Waals surface area (Å²) in [4.78, 5) is 47.7. The maximum atomic E-state index is 13.9. The fraction of sp³-hybridized carbons (Fsp3) is 0.628. The van der Waals surface area contributed by atoms with Gasteiger partial charge in [-0.2, -0.15) is 131 Å². The van der Waals surface area contributed by atoms with Crippen molar-refractivity contribution in [3.8, 4) is 0 Å². The molecule has 0 fully saturated rings. The van der Waals surface area contributed by atoms with E-state index in [4.69, 9.17) is 28.3 Å². The lowest BCUT2D eigenvalue weighted by atomic mass is 10.1. The minimum Gasteiger partial charge on any atom is -0.461 e. The number of carbonyl (C=O) groups is 4. The number of likely N-dealkylation sites (N-methyl/N-ethyl adjacent to an activating group) is 3. The Morgan fingerprint density at radius 2 is 0.576 bits per heavy atom. The number of hydrogen-bond acceptors (Lipinski definition) is 14. The molecule has 49 heteroatoms. The van der Waals surface area contributed by atoms with Crippen LogP contribution >= 0.6 is 23.2 Å². The van der Waals surface area contributed by atoms with Crippen LogP contribution in [0.3, 0.4) is 0 Å². The zero-order chi connectivity index (χ0) is 73.9. The van der Waals surface area contributed by atoms with E-state index in [1.807, 2.05) is 0 Å². The minimum absolute atomic E-state index is 0.0136. The molecule has 0 saturated carbocycles. The number of halogens is 29. The van der Waals surface area contributed by atoms with Crippen LogP contribution in [-0.2, 0) is 39.5 Å². The number of aliphatic hydroxyl groups is 1. The first-order valence-corrected chi connectivity index (χ1v) is 28.6. The van der Waals surface area contributed by atoms with Crippen molar-refractivity contribution < 1.29 is 178 Å². The second kappa shape index (κ2) is 31.7. The van der Waals surface area contributed by atoms with Gasteiger partial charge in [0.1, 0.15) is 13.2 Å². The van der Waals surface area contributed by atoms with Crippen molar-refractivity contribution in [3.63, 3.8) is 0 Å². The van der Waals surface area contributed by atoms with Crippen LogP contribution in [0.4, 0.5) is 119 Å². The number of sulfonamides is 3. The molecule has 0 aliphatic carbocycles. The number of nitrogens with zero attached hydrogens (tertiary/aromatic N) is 4. The largest absolute Gasteiger partial charge is 0.461 e.